The Balaban J connectivity index is 1.55. The predicted octanol–water partition coefficient (Wildman–Crippen LogP) is 4.22. The Morgan fingerprint density at radius 3 is 2.90 bits per heavy atom. The topological polar surface area (TPSA) is 54.9 Å². The molecule has 1 saturated carbocycles. The average Bonchev–Trinajstić information content (AvgIpc) is 2.83. The molecule has 2 aromatic rings. The van der Waals surface area contributed by atoms with E-state index in [0.29, 0.717) is 5.13 Å². The lowest BCUT2D eigenvalue weighted by Crippen LogP contribution is -2.27. The molecule has 21 heavy (non-hydrogen) atoms. The number of carbonyl (C=O) groups excluding carboxylic acids is 1. The van der Waals surface area contributed by atoms with Gasteiger partial charge in [-0.25, -0.2) is 0 Å². The van der Waals surface area contributed by atoms with Crippen LogP contribution in [0.5, 0.6) is 0 Å². The molecule has 3 rings (SSSR count). The van der Waals surface area contributed by atoms with Crippen molar-refractivity contribution >= 4 is 45.7 Å². The van der Waals surface area contributed by atoms with Crippen molar-refractivity contribution in [3.63, 3.8) is 0 Å². The number of nitrogens with zero attached hydrogens (tertiary/aromatic N) is 2. The van der Waals surface area contributed by atoms with Gasteiger partial charge in [0, 0.05) is 16.7 Å². The minimum absolute atomic E-state index is 0.0695. The number of amides is 1. The summed E-state index contributed by atoms with van der Waals surface area (Å²) in [5.74, 6) is 0.971. The van der Waals surface area contributed by atoms with Crippen molar-refractivity contribution in [2.24, 2.45) is 5.92 Å². The number of rotatable bonds is 5. The Labute approximate surface area is 136 Å². The number of halogens is 1. The lowest BCUT2D eigenvalue weighted by molar-refractivity contribution is -0.122. The largest absolute Gasteiger partial charge is 0.300 e. The maximum absolute atomic E-state index is 11.8. The van der Waals surface area contributed by atoms with Crippen LogP contribution in [-0.4, -0.2) is 16.1 Å². The SMILES string of the molecule is O=C(Nc1nnc(SCc2ccccc2Cl)s1)C1CCC1. The number of thioether (sulfide) groups is 1. The van der Waals surface area contributed by atoms with Crippen LogP contribution in [0.2, 0.25) is 5.02 Å². The zero-order valence-electron chi connectivity index (χ0n) is 11.2. The molecular weight excluding hydrogens is 326 g/mol. The van der Waals surface area contributed by atoms with E-state index in [1.54, 1.807) is 11.8 Å². The van der Waals surface area contributed by atoms with Crippen LogP contribution in [0.1, 0.15) is 24.8 Å². The molecule has 1 fully saturated rings. The van der Waals surface area contributed by atoms with E-state index in [2.05, 4.69) is 15.5 Å². The van der Waals surface area contributed by atoms with E-state index in [1.165, 1.54) is 11.3 Å². The first-order valence-electron chi connectivity index (χ1n) is 6.73. The monoisotopic (exact) mass is 339 g/mol. The van der Waals surface area contributed by atoms with Crippen LogP contribution in [-0.2, 0) is 10.5 Å². The Hall–Kier alpha value is -1.11. The molecule has 1 aliphatic rings. The maximum atomic E-state index is 11.8. The first-order chi connectivity index (χ1) is 10.2. The molecule has 110 valence electrons. The molecule has 0 bridgehead atoms. The minimum Gasteiger partial charge on any atom is -0.300 e. The molecule has 1 amide bonds. The quantitative estimate of drug-likeness (QED) is 0.654. The van der Waals surface area contributed by atoms with Crippen molar-refractivity contribution in [1.29, 1.82) is 0 Å². The van der Waals surface area contributed by atoms with Crippen LogP contribution in [0.3, 0.4) is 0 Å². The molecule has 1 aromatic carbocycles. The fourth-order valence-corrected chi connectivity index (χ4v) is 3.99. The summed E-state index contributed by atoms with van der Waals surface area (Å²) in [4.78, 5) is 11.8. The average molecular weight is 340 g/mol. The second kappa shape index (κ2) is 6.77. The van der Waals surface area contributed by atoms with E-state index in [0.717, 1.165) is 39.9 Å². The summed E-state index contributed by atoms with van der Waals surface area (Å²) >= 11 is 9.10. The van der Waals surface area contributed by atoms with Gasteiger partial charge in [-0.05, 0) is 24.5 Å². The highest BCUT2D eigenvalue weighted by atomic mass is 35.5. The van der Waals surface area contributed by atoms with Gasteiger partial charge in [-0.3, -0.25) is 4.79 Å². The van der Waals surface area contributed by atoms with Gasteiger partial charge in [0.25, 0.3) is 0 Å². The lowest BCUT2D eigenvalue weighted by Gasteiger charge is -2.23. The summed E-state index contributed by atoms with van der Waals surface area (Å²) in [5, 5.41) is 12.3. The van der Waals surface area contributed by atoms with Gasteiger partial charge in [0.2, 0.25) is 11.0 Å². The third-order valence-electron chi connectivity index (χ3n) is 3.42. The highest BCUT2D eigenvalue weighted by molar-refractivity contribution is 8.00. The highest BCUT2D eigenvalue weighted by Gasteiger charge is 2.25. The van der Waals surface area contributed by atoms with Crippen LogP contribution >= 0.6 is 34.7 Å². The molecule has 1 aliphatic carbocycles. The van der Waals surface area contributed by atoms with Crippen molar-refractivity contribution in [3.05, 3.63) is 34.9 Å². The van der Waals surface area contributed by atoms with Gasteiger partial charge in [-0.15, -0.1) is 10.2 Å². The fourth-order valence-electron chi connectivity index (χ4n) is 1.95. The van der Waals surface area contributed by atoms with Gasteiger partial charge < -0.3 is 5.32 Å². The minimum atomic E-state index is 0.0695. The van der Waals surface area contributed by atoms with E-state index in [4.69, 9.17) is 11.6 Å². The molecule has 0 unspecified atom stereocenters. The van der Waals surface area contributed by atoms with Crippen LogP contribution in [0.25, 0.3) is 0 Å². The van der Waals surface area contributed by atoms with Crippen LogP contribution < -0.4 is 5.32 Å². The number of aromatic nitrogens is 2. The summed E-state index contributed by atoms with van der Waals surface area (Å²) in [6.45, 7) is 0. The number of carbonyl (C=O) groups is 1. The van der Waals surface area contributed by atoms with E-state index in [-0.39, 0.29) is 11.8 Å². The van der Waals surface area contributed by atoms with E-state index < -0.39 is 0 Å². The molecule has 0 radical (unpaired) electrons. The van der Waals surface area contributed by atoms with Gasteiger partial charge in [-0.1, -0.05) is 59.3 Å². The summed E-state index contributed by atoms with van der Waals surface area (Å²) < 4.78 is 0.832. The van der Waals surface area contributed by atoms with Gasteiger partial charge in [-0.2, -0.15) is 0 Å². The van der Waals surface area contributed by atoms with Crippen molar-refractivity contribution in [2.45, 2.75) is 29.4 Å². The van der Waals surface area contributed by atoms with E-state index >= 15 is 0 Å². The number of nitrogens with one attached hydrogen (secondary N) is 1. The Kier molecular flexibility index (Phi) is 4.77. The Morgan fingerprint density at radius 2 is 2.19 bits per heavy atom. The molecule has 1 heterocycles. The molecule has 1 aromatic heterocycles. The standard InChI is InChI=1S/C14H14ClN3OS2/c15-11-7-2-1-4-10(11)8-20-14-18-17-13(21-14)16-12(19)9-5-3-6-9/h1-2,4,7,9H,3,5-6,8H2,(H,16,17,19). The fraction of sp³-hybridized carbons (Fsp3) is 0.357. The molecule has 4 nitrogen and oxygen atoms in total. The van der Waals surface area contributed by atoms with E-state index in [1.807, 2.05) is 24.3 Å². The van der Waals surface area contributed by atoms with Crippen molar-refractivity contribution in [3.8, 4) is 0 Å². The van der Waals surface area contributed by atoms with Crippen molar-refractivity contribution in [2.75, 3.05) is 5.32 Å². The molecular formula is C14H14ClN3OS2. The number of hydrogen-bond donors (Lipinski definition) is 1. The summed E-state index contributed by atoms with van der Waals surface area (Å²) in [7, 11) is 0. The first-order valence-corrected chi connectivity index (χ1v) is 8.91. The number of benzene rings is 1. The van der Waals surface area contributed by atoms with Crippen LogP contribution in [0, 0.1) is 5.92 Å². The zero-order chi connectivity index (χ0) is 14.7. The molecule has 0 saturated heterocycles. The summed E-state index contributed by atoms with van der Waals surface area (Å²) in [5.41, 5.74) is 1.07. The van der Waals surface area contributed by atoms with Crippen molar-refractivity contribution < 1.29 is 4.79 Å². The first kappa shape index (κ1) is 14.8. The predicted molar refractivity (Wildman–Crippen MR) is 86.9 cm³/mol. The highest BCUT2D eigenvalue weighted by Crippen LogP contribution is 2.32. The molecule has 1 N–H and O–H groups in total. The maximum Gasteiger partial charge on any atom is 0.229 e. The van der Waals surface area contributed by atoms with Crippen molar-refractivity contribution in [1.82, 2.24) is 10.2 Å². The second-order valence-electron chi connectivity index (χ2n) is 4.87. The number of anilines is 1. The Bertz CT molecular complexity index is 643. The third-order valence-corrected chi connectivity index (χ3v) is 5.81. The van der Waals surface area contributed by atoms with Gasteiger partial charge in [0.15, 0.2) is 4.34 Å². The smallest absolute Gasteiger partial charge is 0.229 e. The normalized spacial score (nSPS) is 14.7. The molecule has 0 atom stereocenters. The Morgan fingerprint density at radius 1 is 1.38 bits per heavy atom. The third kappa shape index (κ3) is 3.75. The second-order valence-corrected chi connectivity index (χ2v) is 7.48. The summed E-state index contributed by atoms with van der Waals surface area (Å²) in [6.07, 6.45) is 3.12. The summed E-state index contributed by atoms with van der Waals surface area (Å²) in [6, 6.07) is 7.75. The van der Waals surface area contributed by atoms with Gasteiger partial charge in [0.1, 0.15) is 0 Å². The van der Waals surface area contributed by atoms with Crippen LogP contribution in [0.15, 0.2) is 28.6 Å². The van der Waals surface area contributed by atoms with Gasteiger partial charge in [0.05, 0.1) is 0 Å². The van der Waals surface area contributed by atoms with E-state index in [9.17, 15) is 4.79 Å². The zero-order valence-corrected chi connectivity index (χ0v) is 13.6. The molecule has 0 spiro atoms. The molecule has 0 aliphatic heterocycles. The lowest BCUT2D eigenvalue weighted by atomic mass is 9.85. The van der Waals surface area contributed by atoms with Gasteiger partial charge >= 0.3 is 0 Å². The van der Waals surface area contributed by atoms with Crippen LogP contribution in [0.4, 0.5) is 5.13 Å². The molecule has 7 heteroatoms. The number of hydrogen-bond acceptors (Lipinski definition) is 5.